The molecule has 0 amide bonds. The van der Waals surface area contributed by atoms with Crippen LogP contribution in [0.2, 0.25) is 0 Å². The zero-order valence-electron chi connectivity index (χ0n) is 20.9. The molecule has 1 aromatic heterocycles. The molecule has 2 aromatic carbocycles. The number of rotatable bonds is 7. The second-order valence-corrected chi connectivity index (χ2v) is 9.24. The standard InChI is InChI=1S/C25H26FN3O.C4H4O4/c26-21-11-9-19(10-12-21)25(30)8-4-13-27-15-16-29-22-6-2-1-5-20(22)17-28-14-3-7-23(28)24(29)18-27;5-3(6)1-2-4(7)8/h1-3,5-7,9-12,14,24H,4,8,13,15-18H2;1-2H,(H,5,6)(H,7,8)/b;2-1-. The van der Waals surface area contributed by atoms with Gasteiger partial charge < -0.3 is 19.7 Å². The van der Waals surface area contributed by atoms with Crippen LogP contribution >= 0.6 is 0 Å². The predicted octanol–water partition coefficient (Wildman–Crippen LogP) is 4.23. The molecule has 38 heavy (non-hydrogen) atoms. The topological polar surface area (TPSA) is 103 Å². The van der Waals surface area contributed by atoms with E-state index in [-0.39, 0.29) is 11.6 Å². The Bertz CT molecular complexity index is 1300. The van der Waals surface area contributed by atoms with E-state index in [0.717, 1.165) is 39.1 Å². The third-order valence-corrected chi connectivity index (χ3v) is 6.73. The molecule has 2 aliphatic heterocycles. The Hall–Kier alpha value is -4.24. The smallest absolute Gasteiger partial charge is 0.328 e. The second-order valence-electron chi connectivity index (χ2n) is 9.24. The number of carbonyl (C=O) groups excluding carboxylic acids is 1. The van der Waals surface area contributed by atoms with E-state index in [4.69, 9.17) is 10.2 Å². The lowest BCUT2D eigenvalue weighted by Gasteiger charge is -2.42. The second kappa shape index (κ2) is 12.3. The van der Waals surface area contributed by atoms with Crippen LogP contribution in [0.3, 0.4) is 0 Å². The van der Waals surface area contributed by atoms with Crippen molar-refractivity contribution in [3.63, 3.8) is 0 Å². The number of anilines is 1. The quantitative estimate of drug-likeness (QED) is 0.356. The Morgan fingerprint density at radius 2 is 1.63 bits per heavy atom. The lowest BCUT2D eigenvalue weighted by Crippen LogP contribution is -2.49. The molecule has 1 unspecified atom stereocenters. The van der Waals surface area contributed by atoms with Crippen LogP contribution in [0.15, 0.2) is 79.0 Å². The molecule has 5 rings (SSSR count). The van der Waals surface area contributed by atoms with Gasteiger partial charge in [-0.15, -0.1) is 0 Å². The highest BCUT2D eigenvalue weighted by atomic mass is 19.1. The zero-order valence-corrected chi connectivity index (χ0v) is 20.9. The Kier molecular flexibility index (Phi) is 8.70. The van der Waals surface area contributed by atoms with Crippen LogP contribution in [-0.4, -0.2) is 63.6 Å². The number of nitrogens with zero attached hydrogens (tertiary/aromatic N) is 3. The van der Waals surface area contributed by atoms with Crippen molar-refractivity contribution in [2.24, 2.45) is 0 Å². The van der Waals surface area contributed by atoms with E-state index in [2.05, 4.69) is 57.0 Å². The number of carboxylic acid groups (broad SMARTS) is 2. The van der Waals surface area contributed by atoms with Gasteiger partial charge in [-0.2, -0.15) is 0 Å². The Morgan fingerprint density at radius 3 is 2.34 bits per heavy atom. The fraction of sp³-hybridized carbons (Fsp3) is 0.276. The van der Waals surface area contributed by atoms with Crippen LogP contribution in [0.25, 0.3) is 0 Å². The number of aromatic nitrogens is 1. The number of carbonyl (C=O) groups is 3. The minimum atomic E-state index is -1.26. The highest BCUT2D eigenvalue weighted by Gasteiger charge is 2.33. The molecule has 1 fully saturated rings. The molecule has 3 aromatic rings. The van der Waals surface area contributed by atoms with Gasteiger partial charge >= 0.3 is 11.9 Å². The number of aliphatic carboxylic acids is 2. The lowest BCUT2D eigenvalue weighted by atomic mass is 10.0. The van der Waals surface area contributed by atoms with Crippen LogP contribution in [0.1, 0.15) is 40.5 Å². The molecule has 0 bridgehead atoms. The number of para-hydroxylation sites is 1. The predicted molar refractivity (Wildman–Crippen MR) is 141 cm³/mol. The van der Waals surface area contributed by atoms with Gasteiger partial charge in [0.2, 0.25) is 0 Å². The van der Waals surface area contributed by atoms with Crippen LogP contribution < -0.4 is 4.90 Å². The summed E-state index contributed by atoms with van der Waals surface area (Å²) in [5.41, 5.74) is 4.67. The summed E-state index contributed by atoms with van der Waals surface area (Å²) >= 11 is 0. The van der Waals surface area contributed by atoms with Crippen LogP contribution in [0.5, 0.6) is 0 Å². The van der Waals surface area contributed by atoms with Crippen molar-refractivity contribution in [1.29, 1.82) is 0 Å². The molecule has 8 nitrogen and oxygen atoms in total. The molecular formula is C29H30FN3O5. The van der Waals surface area contributed by atoms with Gasteiger partial charge in [-0.3, -0.25) is 9.69 Å². The van der Waals surface area contributed by atoms with Crippen molar-refractivity contribution in [1.82, 2.24) is 9.47 Å². The number of carboxylic acids is 2. The number of halogens is 1. The summed E-state index contributed by atoms with van der Waals surface area (Å²) in [7, 11) is 0. The van der Waals surface area contributed by atoms with Gasteiger partial charge in [-0.25, -0.2) is 14.0 Å². The average molecular weight is 520 g/mol. The summed E-state index contributed by atoms with van der Waals surface area (Å²) < 4.78 is 15.4. The van der Waals surface area contributed by atoms with E-state index >= 15 is 0 Å². The fourth-order valence-corrected chi connectivity index (χ4v) is 4.95. The molecule has 3 heterocycles. The van der Waals surface area contributed by atoms with E-state index in [9.17, 15) is 18.8 Å². The first-order chi connectivity index (χ1) is 18.3. The van der Waals surface area contributed by atoms with Gasteiger partial charge in [0.25, 0.3) is 0 Å². The van der Waals surface area contributed by atoms with Crippen LogP contribution in [0, 0.1) is 5.82 Å². The third kappa shape index (κ3) is 6.74. The maximum Gasteiger partial charge on any atom is 0.328 e. The number of hydrogen-bond donors (Lipinski definition) is 2. The normalized spacial score (nSPS) is 16.4. The number of piperazine rings is 1. The largest absolute Gasteiger partial charge is 0.478 e. The summed E-state index contributed by atoms with van der Waals surface area (Å²) in [5, 5.41) is 15.6. The van der Waals surface area contributed by atoms with Crippen LogP contribution in [0.4, 0.5) is 10.1 Å². The average Bonchev–Trinajstić information content (AvgIpc) is 3.32. The number of benzene rings is 2. The first-order valence-corrected chi connectivity index (χ1v) is 12.5. The zero-order chi connectivity index (χ0) is 27.1. The fourth-order valence-electron chi connectivity index (χ4n) is 4.95. The Labute approximate surface area is 220 Å². The van der Waals surface area contributed by atoms with Crippen LogP contribution in [-0.2, 0) is 16.1 Å². The highest BCUT2D eigenvalue weighted by molar-refractivity contribution is 5.96. The number of Topliss-reactive ketones (excluding diaryl/α,β-unsaturated/α-hetero) is 1. The Balaban J connectivity index is 0.000000368. The van der Waals surface area contributed by atoms with Gasteiger partial charge in [-0.1, -0.05) is 18.2 Å². The molecular weight excluding hydrogens is 489 g/mol. The van der Waals surface area contributed by atoms with Gasteiger partial charge in [-0.05, 0) is 61.0 Å². The van der Waals surface area contributed by atoms with E-state index in [0.29, 0.717) is 30.2 Å². The molecule has 9 heteroatoms. The third-order valence-electron chi connectivity index (χ3n) is 6.73. The van der Waals surface area contributed by atoms with Crippen molar-refractivity contribution < 1.29 is 29.0 Å². The van der Waals surface area contributed by atoms with Crippen molar-refractivity contribution in [3.05, 3.63) is 102 Å². The minimum Gasteiger partial charge on any atom is -0.478 e. The van der Waals surface area contributed by atoms with Crippen molar-refractivity contribution >= 4 is 23.4 Å². The summed E-state index contributed by atoms with van der Waals surface area (Å²) in [6.07, 6.45) is 4.61. The summed E-state index contributed by atoms with van der Waals surface area (Å²) in [4.78, 5) is 36.5. The molecule has 0 aliphatic carbocycles. The van der Waals surface area contributed by atoms with Crippen molar-refractivity contribution in [2.75, 3.05) is 31.1 Å². The molecule has 0 radical (unpaired) electrons. The number of ketones is 1. The van der Waals surface area contributed by atoms with E-state index < -0.39 is 11.9 Å². The summed E-state index contributed by atoms with van der Waals surface area (Å²) in [6, 6.07) is 19.3. The van der Waals surface area contributed by atoms with E-state index in [1.807, 2.05) is 0 Å². The van der Waals surface area contributed by atoms with E-state index in [1.165, 1.54) is 29.1 Å². The minimum absolute atomic E-state index is 0.0888. The molecule has 0 saturated carbocycles. The molecule has 198 valence electrons. The monoisotopic (exact) mass is 519 g/mol. The van der Waals surface area contributed by atoms with Gasteiger partial charge in [0.05, 0.1) is 6.04 Å². The lowest BCUT2D eigenvalue weighted by molar-refractivity contribution is -0.134. The van der Waals surface area contributed by atoms with Crippen molar-refractivity contribution in [3.8, 4) is 0 Å². The highest BCUT2D eigenvalue weighted by Crippen LogP contribution is 2.36. The first kappa shape index (κ1) is 26.8. The molecule has 2 aliphatic rings. The SMILES string of the molecule is O=C(CCCN1CCN2c3ccccc3Cn3cccc3C2C1)c1ccc(F)cc1.O=C(O)/C=C\C(=O)O. The molecule has 1 saturated heterocycles. The van der Waals surface area contributed by atoms with E-state index in [1.54, 1.807) is 12.1 Å². The number of fused-ring (bicyclic) bond motifs is 5. The molecule has 0 spiro atoms. The van der Waals surface area contributed by atoms with Crippen molar-refractivity contribution in [2.45, 2.75) is 25.4 Å². The maximum absolute atomic E-state index is 13.1. The van der Waals surface area contributed by atoms with Gasteiger partial charge in [0.1, 0.15) is 5.82 Å². The van der Waals surface area contributed by atoms with Gasteiger partial charge in [0.15, 0.2) is 5.78 Å². The summed E-state index contributed by atoms with van der Waals surface area (Å²) in [6.45, 7) is 4.76. The van der Waals surface area contributed by atoms with Gasteiger partial charge in [0, 0.05) is 67.9 Å². The number of hydrogen-bond acceptors (Lipinski definition) is 5. The first-order valence-electron chi connectivity index (χ1n) is 12.5. The molecule has 2 N–H and O–H groups in total. The Morgan fingerprint density at radius 1 is 0.921 bits per heavy atom. The molecule has 1 atom stereocenters. The maximum atomic E-state index is 13.1. The summed E-state index contributed by atoms with van der Waals surface area (Å²) in [5.74, 6) is -2.73.